The Morgan fingerprint density at radius 3 is 2.92 bits per heavy atom. The Labute approximate surface area is 74.3 Å². The lowest BCUT2D eigenvalue weighted by Crippen LogP contribution is -2.32. The van der Waals surface area contributed by atoms with E-state index in [0.717, 1.165) is 39.0 Å². The molecule has 72 valence electrons. The summed E-state index contributed by atoms with van der Waals surface area (Å²) in [7, 11) is 2.14. The molecule has 0 aromatic carbocycles. The molecule has 0 bridgehead atoms. The molecule has 1 fully saturated rings. The Balaban J connectivity index is 2.05. The molecule has 1 heterocycles. The second-order valence-corrected chi connectivity index (χ2v) is 3.43. The maximum absolute atomic E-state index is 8.60. The highest BCUT2D eigenvalue weighted by molar-refractivity contribution is 4.72. The summed E-state index contributed by atoms with van der Waals surface area (Å²) in [6.07, 6.45) is 3.16. The Kier molecular flexibility index (Phi) is 4.58. The smallest absolute Gasteiger partial charge is 0.0622 e. The molecular weight excluding hydrogens is 154 g/mol. The van der Waals surface area contributed by atoms with E-state index in [1.165, 1.54) is 0 Å². The first kappa shape index (κ1) is 9.96. The van der Waals surface area contributed by atoms with E-state index in [4.69, 9.17) is 9.84 Å². The predicted octanol–water partition coefficient (Wildman–Crippen LogP) is 0.480. The van der Waals surface area contributed by atoms with Gasteiger partial charge in [-0.15, -0.1) is 0 Å². The van der Waals surface area contributed by atoms with E-state index in [-0.39, 0.29) is 0 Å². The zero-order valence-corrected chi connectivity index (χ0v) is 7.83. The van der Waals surface area contributed by atoms with Gasteiger partial charge < -0.3 is 14.7 Å². The van der Waals surface area contributed by atoms with Crippen molar-refractivity contribution < 1.29 is 9.84 Å². The first-order chi connectivity index (χ1) is 5.84. The molecule has 1 aliphatic rings. The van der Waals surface area contributed by atoms with Crippen LogP contribution in [0.4, 0.5) is 0 Å². The van der Waals surface area contributed by atoms with Crippen LogP contribution in [0.3, 0.4) is 0 Å². The Hall–Kier alpha value is -0.120. The molecule has 1 N–H and O–H groups in total. The van der Waals surface area contributed by atoms with Crippen LogP contribution in [0, 0.1) is 0 Å². The summed E-state index contributed by atoms with van der Waals surface area (Å²) < 4.78 is 5.29. The number of rotatable bonds is 5. The van der Waals surface area contributed by atoms with Gasteiger partial charge in [0, 0.05) is 19.3 Å². The number of aliphatic hydroxyl groups is 1. The third kappa shape index (κ3) is 3.09. The molecule has 0 aromatic heterocycles. The summed E-state index contributed by atoms with van der Waals surface area (Å²) in [5, 5.41) is 8.60. The van der Waals surface area contributed by atoms with Gasteiger partial charge in [0.25, 0.3) is 0 Å². The molecular formula is C9H19NO2. The van der Waals surface area contributed by atoms with Crippen molar-refractivity contribution in [2.75, 3.05) is 33.4 Å². The van der Waals surface area contributed by atoms with Crippen molar-refractivity contribution >= 4 is 0 Å². The second kappa shape index (κ2) is 5.51. The molecule has 12 heavy (non-hydrogen) atoms. The molecule has 1 unspecified atom stereocenters. The molecule has 3 nitrogen and oxygen atoms in total. The monoisotopic (exact) mass is 173 g/mol. The molecule has 0 saturated carbocycles. The van der Waals surface area contributed by atoms with Gasteiger partial charge in [0.2, 0.25) is 0 Å². The molecule has 1 aliphatic heterocycles. The highest BCUT2D eigenvalue weighted by atomic mass is 16.5. The predicted molar refractivity (Wildman–Crippen MR) is 48.2 cm³/mol. The van der Waals surface area contributed by atoms with Crippen molar-refractivity contribution in [2.45, 2.75) is 25.3 Å². The van der Waals surface area contributed by atoms with E-state index in [1.807, 2.05) is 0 Å². The van der Waals surface area contributed by atoms with Gasteiger partial charge in [0.15, 0.2) is 0 Å². The van der Waals surface area contributed by atoms with Gasteiger partial charge in [-0.1, -0.05) is 0 Å². The van der Waals surface area contributed by atoms with E-state index >= 15 is 0 Å². The quantitative estimate of drug-likeness (QED) is 0.614. The van der Waals surface area contributed by atoms with Crippen molar-refractivity contribution in [2.24, 2.45) is 0 Å². The number of hydrogen-bond acceptors (Lipinski definition) is 3. The molecule has 1 atom stereocenters. The van der Waals surface area contributed by atoms with Crippen molar-refractivity contribution in [3.8, 4) is 0 Å². The summed E-state index contributed by atoms with van der Waals surface area (Å²) in [6, 6.07) is 0.615. The molecule has 0 spiro atoms. The fourth-order valence-electron chi connectivity index (χ4n) is 1.53. The third-order valence-corrected chi connectivity index (χ3v) is 2.45. The fraction of sp³-hybridized carbons (Fsp3) is 1.00. The molecule has 0 radical (unpaired) electrons. The minimum absolute atomic E-state index is 0.314. The number of likely N-dealkylation sites (N-methyl/N-ethyl adjacent to an activating group) is 1. The molecule has 1 rings (SSSR count). The maximum atomic E-state index is 8.60. The van der Waals surface area contributed by atoms with Crippen LogP contribution in [0.2, 0.25) is 0 Å². The summed E-state index contributed by atoms with van der Waals surface area (Å²) in [5.41, 5.74) is 0. The van der Waals surface area contributed by atoms with Crippen LogP contribution in [-0.2, 0) is 4.74 Å². The van der Waals surface area contributed by atoms with Gasteiger partial charge in [0.1, 0.15) is 0 Å². The molecule has 1 saturated heterocycles. The number of aliphatic hydroxyl groups excluding tert-OH is 1. The number of hydrogen-bond donors (Lipinski definition) is 1. The van der Waals surface area contributed by atoms with Crippen LogP contribution in [0.5, 0.6) is 0 Å². The summed E-state index contributed by atoms with van der Waals surface area (Å²) in [5.74, 6) is 0. The lowest BCUT2D eigenvalue weighted by molar-refractivity contribution is 0.156. The topological polar surface area (TPSA) is 32.7 Å². The zero-order valence-electron chi connectivity index (χ0n) is 7.83. The van der Waals surface area contributed by atoms with E-state index in [1.54, 1.807) is 0 Å². The highest BCUT2D eigenvalue weighted by Crippen LogP contribution is 2.10. The number of ether oxygens (including phenoxy) is 1. The largest absolute Gasteiger partial charge is 0.396 e. The summed E-state index contributed by atoms with van der Waals surface area (Å²) in [4.78, 5) is 2.34. The van der Waals surface area contributed by atoms with Crippen molar-refractivity contribution in [3.05, 3.63) is 0 Å². The Morgan fingerprint density at radius 2 is 2.33 bits per heavy atom. The van der Waals surface area contributed by atoms with Crippen molar-refractivity contribution in [1.82, 2.24) is 4.90 Å². The number of unbranched alkanes of at least 4 members (excludes halogenated alkanes) is 1. The van der Waals surface area contributed by atoms with Crippen LogP contribution in [0.25, 0.3) is 0 Å². The average Bonchev–Trinajstić information content (AvgIpc) is 2.56. The van der Waals surface area contributed by atoms with E-state index in [9.17, 15) is 0 Å². The lowest BCUT2D eigenvalue weighted by atomic mass is 10.2. The minimum Gasteiger partial charge on any atom is -0.396 e. The van der Waals surface area contributed by atoms with E-state index in [2.05, 4.69) is 11.9 Å². The summed E-state index contributed by atoms with van der Waals surface area (Å²) in [6.45, 7) is 3.19. The van der Waals surface area contributed by atoms with Gasteiger partial charge >= 0.3 is 0 Å². The second-order valence-electron chi connectivity index (χ2n) is 3.43. The molecule has 0 amide bonds. The van der Waals surface area contributed by atoms with Crippen LogP contribution < -0.4 is 0 Å². The van der Waals surface area contributed by atoms with E-state index in [0.29, 0.717) is 12.6 Å². The standard InChI is InChI=1S/C9H19NO2/c1-10(5-2-3-6-11)9-4-7-12-8-9/h9,11H,2-8H2,1H3. The van der Waals surface area contributed by atoms with Crippen LogP contribution in [-0.4, -0.2) is 49.5 Å². The van der Waals surface area contributed by atoms with Crippen LogP contribution in [0.1, 0.15) is 19.3 Å². The van der Waals surface area contributed by atoms with Gasteiger partial charge in [-0.2, -0.15) is 0 Å². The van der Waals surface area contributed by atoms with Crippen molar-refractivity contribution in [3.63, 3.8) is 0 Å². The minimum atomic E-state index is 0.314. The van der Waals surface area contributed by atoms with Gasteiger partial charge in [-0.3, -0.25) is 0 Å². The third-order valence-electron chi connectivity index (χ3n) is 2.45. The first-order valence-corrected chi connectivity index (χ1v) is 4.73. The number of nitrogens with zero attached hydrogens (tertiary/aromatic N) is 1. The van der Waals surface area contributed by atoms with Crippen molar-refractivity contribution in [1.29, 1.82) is 0 Å². The molecule has 0 aromatic rings. The maximum Gasteiger partial charge on any atom is 0.0622 e. The van der Waals surface area contributed by atoms with Crippen LogP contribution in [0.15, 0.2) is 0 Å². The fourth-order valence-corrected chi connectivity index (χ4v) is 1.53. The SMILES string of the molecule is CN(CCCCO)C1CCOC1. The highest BCUT2D eigenvalue weighted by Gasteiger charge is 2.19. The van der Waals surface area contributed by atoms with Crippen LogP contribution >= 0.6 is 0 Å². The Bertz CT molecular complexity index is 113. The average molecular weight is 173 g/mol. The molecule has 0 aliphatic carbocycles. The molecule has 3 heteroatoms. The summed E-state index contributed by atoms with van der Waals surface area (Å²) >= 11 is 0. The van der Waals surface area contributed by atoms with E-state index < -0.39 is 0 Å². The Morgan fingerprint density at radius 1 is 1.50 bits per heavy atom. The van der Waals surface area contributed by atoms with Gasteiger partial charge in [-0.05, 0) is 32.9 Å². The normalized spacial score (nSPS) is 23.8. The van der Waals surface area contributed by atoms with Gasteiger partial charge in [-0.25, -0.2) is 0 Å². The first-order valence-electron chi connectivity index (χ1n) is 4.73. The van der Waals surface area contributed by atoms with Gasteiger partial charge in [0.05, 0.1) is 6.61 Å². The lowest BCUT2D eigenvalue weighted by Gasteiger charge is -2.22. The zero-order chi connectivity index (χ0) is 8.81.